The molecule has 27 heavy (non-hydrogen) atoms. The van der Waals surface area contributed by atoms with Gasteiger partial charge in [0.1, 0.15) is 17.3 Å². The first-order valence-corrected chi connectivity index (χ1v) is 9.63. The number of ether oxygens (including phenoxy) is 2. The van der Waals surface area contributed by atoms with Gasteiger partial charge in [0, 0.05) is 17.5 Å². The summed E-state index contributed by atoms with van der Waals surface area (Å²) >= 11 is 0. The van der Waals surface area contributed by atoms with E-state index in [0.29, 0.717) is 0 Å². The zero-order valence-electron chi connectivity index (χ0n) is 16.4. The Morgan fingerprint density at radius 2 is 1.37 bits per heavy atom. The molecule has 1 aromatic heterocycles. The molecule has 0 aliphatic rings. The molecule has 0 aliphatic heterocycles. The molecule has 0 saturated heterocycles. The van der Waals surface area contributed by atoms with Crippen molar-refractivity contribution in [3.63, 3.8) is 0 Å². The van der Waals surface area contributed by atoms with Gasteiger partial charge in [-0.05, 0) is 55.0 Å². The number of hydrogen-bond acceptors (Lipinski definition) is 3. The Labute approximate surface area is 161 Å². The Morgan fingerprint density at radius 1 is 0.778 bits per heavy atom. The molecule has 0 unspecified atom stereocenters. The lowest BCUT2D eigenvalue weighted by atomic mass is 10.0. The van der Waals surface area contributed by atoms with Crippen molar-refractivity contribution in [2.24, 2.45) is 0 Å². The maximum Gasteiger partial charge on any atom is 0.118 e. The average molecular weight is 364 g/mol. The summed E-state index contributed by atoms with van der Waals surface area (Å²) in [7, 11) is 3.36. The highest BCUT2D eigenvalue weighted by molar-refractivity contribution is 5.79. The first kappa shape index (κ1) is 19.0. The van der Waals surface area contributed by atoms with Crippen LogP contribution in [-0.2, 0) is 6.42 Å². The third-order valence-electron chi connectivity index (χ3n) is 4.76. The van der Waals surface area contributed by atoms with Crippen LogP contribution in [0.4, 0.5) is 0 Å². The maximum atomic E-state index is 5.29. The number of nitrogens with one attached hydrogen (secondary N) is 1. The molecule has 4 nitrogen and oxygen atoms in total. The second-order valence-electron chi connectivity index (χ2n) is 6.67. The van der Waals surface area contributed by atoms with E-state index in [1.54, 1.807) is 14.2 Å². The maximum absolute atomic E-state index is 5.29. The molecule has 3 aromatic rings. The molecule has 0 saturated carbocycles. The van der Waals surface area contributed by atoms with Gasteiger partial charge in [0.2, 0.25) is 0 Å². The van der Waals surface area contributed by atoms with Crippen LogP contribution in [0.25, 0.3) is 22.5 Å². The monoisotopic (exact) mass is 364 g/mol. The zero-order chi connectivity index (χ0) is 19.1. The molecule has 142 valence electrons. The van der Waals surface area contributed by atoms with Crippen LogP contribution < -0.4 is 9.47 Å². The molecule has 3 rings (SSSR count). The Balaban J connectivity index is 1.93. The van der Waals surface area contributed by atoms with Crippen LogP contribution in [0.1, 0.15) is 38.4 Å². The van der Waals surface area contributed by atoms with Crippen LogP contribution in [0.5, 0.6) is 11.5 Å². The SMILES string of the molecule is CCCCCCc1nc(-c2ccc(OC)cc2)c(-c2ccc(OC)cc2)[nH]1. The summed E-state index contributed by atoms with van der Waals surface area (Å²) in [5.41, 5.74) is 4.22. The second kappa shape index (κ2) is 9.26. The molecule has 0 radical (unpaired) electrons. The Morgan fingerprint density at radius 3 is 1.93 bits per heavy atom. The molecule has 0 atom stereocenters. The highest BCUT2D eigenvalue weighted by Crippen LogP contribution is 2.32. The summed E-state index contributed by atoms with van der Waals surface area (Å²) < 4.78 is 10.6. The summed E-state index contributed by atoms with van der Waals surface area (Å²) in [5, 5.41) is 0. The normalized spacial score (nSPS) is 10.8. The fourth-order valence-electron chi connectivity index (χ4n) is 3.18. The number of nitrogens with zero attached hydrogens (tertiary/aromatic N) is 1. The smallest absolute Gasteiger partial charge is 0.118 e. The predicted molar refractivity (Wildman–Crippen MR) is 110 cm³/mol. The molecular formula is C23H28N2O2. The zero-order valence-corrected chi connectivity index (χ0v) is 16.4. The van der Waals surface area contributed by atoms with Crippen LogP contribution >= 0.6 is 0 Å². The number of aromatic nitrogens is 2. The van der Waals surface area contributed by atoms with Gasteiger partial charge in [-0.15, -0.1) is 0 Å². The van der Waals surface area contributed by atoms with Crippen molar-refractivity contribution in [1.29, 1.82) is 0 Å². The fourth-order valence-corrected chi connectivity index (χ4v) is 3.18. The Hall–Kier alpha value is -2.75. The number of hydrogen-bond donors (Lipinski definition) is 1. The van der Waals surface area contributed by atoms with Gasteiger partial charge in [-0.1, -0.05) is 26.2 Å². The predicted octanol–water partition coefficient (Wildman–Crippen LogP) is 5.88. The number of methoxy groups -OCH3 is 2. The first-order valence-electron chi connectivity index (χ1n) is 9.63. The molecular weight excluding hydrogens is 336 g/mol. The lowest BCUT2D eigenvalue weighted by Crippen LogP contribution is -1.89. The molecule has 0 bridgehead atoms. The van der Waals surface area contributed by atoms with E-state index in [4.69, 9.17) is 14.5 Å². The van der Waals surface area contributed by atoms with Crippen molar-refractivity contribution in [3.05, 3.63) is 54.4 Å². The van der Waals surface area contributed by atoms with Crippen LogP contribution in [0.2, 0.25) is 0 Å². The van der Waals surface area contributed by atoms with Crippen molar-refractivity contribution in [2.45, 2.75) is 39.0 Å². The summed E-state index contributed by atoms with van der Waals surface area (Å²) in [6.45, 7) is 2.23. The van der Waals surface area contributed by atoms with E-state index in [1.807, 2.05) is 24.3 Å². The minimum absolute atomic E-state index is 0.847. The van der Waals surface area contributed by atoms with E-state index in [-0.39, 0.29) is 0 Å². The van der Waals surface area contributed by atoms with Gasteiger partial charge >= 0.3 is 0 Å². The second-order valence-corrected chi connectivity index (χ2v) is 6.67. The van der Waals surface area contributed by atoms with E-state index in [1.165, 1.54) is 19.3 Å². The number of aryl methyl sites for hydroxylation is 1. The molecule has 2 aromatic carbocycles. The number of rotatable bonds is 9. The van der Waals surface area contributed by atoms with Crippen LogP contribution in [0.15, 0.2) is 48.5 Å². The van der Waals surface area contributed by atoms with Crippen LogP contribution in [0, 0.1) is 0 Å². The van der Waals surface area contributed by atoms with Gasteiger partial charge in [0.25, 0.3) is 0 Å². The van der Waals surface area contributed by atoms with Gasteiger partial charge in [0.05, 0.1) is 25.6 Å². The van der Waals surface area contributed by atoms with Crippen molar-refractivity contribution in [1.82, 2.24) is 9.97 Å². The summed E-state index contributed by atoms with van der Waals surface area (Å²) in [5.74, 6) is 2.74. The first-order chi connectivity index (χ1) is 13.2. The third kappa shape index (κ3) is 4.70. The van der Waals surface area contributed by atoms with Gasteiger partial charge in [-0.3, -0.25) is 0 Å². The lowest BCUT2D eigenvalue weighted by Gasteiger charge is -2.06. The minimum atomic E-state index is 0.847. The number of H-pyrrole nitrogens is 1. The van der Waals surface area contributed by atoms with Crippen molar-refractivity contribution in [2.75, 3.05) is 14.2 Å². The fraction of sp³-hybridized carbons (Fsp3) is 0.348. The highest BCUT2D eigenvalue weighted by Gasteiger charge is 2.14. The van der Waals surface area contributed by atoms with Gasteiger partial charge in [-0.25, -0.2) is 4.98 Å². The summed E-state index contributed by atoms with van der Waals surface area (Å²) in [6, 6.07) is 16.2. The number of imidazole rings is 1. The van der Waals surface area contributed by atoms with Gasteiger partial charge in [0.15, 0.2) is 0 Å². The van der Waals surface area contributed by atoms with Gasteiger partial charge < -0.3 is 14.5 Å². The van der Waals surface area contributed by atoms with E-state index in [0.717, 1.165) is 52.7 Å². The Bertz CT molecular complexity index is 771. The van der Waals surface area contributed by atoms with Gasteiger partial charge in [-0.2, -0.15) is 0 Å². The topological polar surface area (TPSA) is 47.1 Å². The average Bonchev–Trinajstić information content (AvgIpc) is 3.15. The molecule has 0 aliphatic carbocycles. The largest absolute Gasteiger partial charge is 0.497 e. The van der Waals surface area contributed by atoms with E-state index < -0.39 is 0 Å². The molecule has 1 N–H and O–H groups in total. The minimum Gasteiger partial charge on any atom is -0.497 e. The van der Waals surface area contributed by atoms with E-state index >= 15 is 0 Å². The van der Waals surface area contributed by atoms with Crippen LogP contribution in [0.3, 0.4) is 0 Å². The van der Waals surface area contributed by atoms with E-state index in [2.05, 4.69) is 36.2 Å². The van der Waals surface area contributed by atoms with Crippen molar-refractivity contribution < 1.29 is 9.47 Å². The van der Waals surface area contributed by atoms with E-state index in [9.17, 15) is 0 Å². The number of aromatic amines is 1. The third-order valence-corrected chi connectivity index (χ3v) is 4.76. The molecule has 1 heterocycles. The Kier molecular flexibility index (Phi) is 6.53. The lowest BCUT2D eigenvalue weighted by molar-refractivity contribution is 0.414. The molecule has 0 fully saturated rings. The van der Waals surface area contributed by atoms with Crippen molar-refractivity contribution in [3.8, 4) is 34.0 Å². The van der Waals surface area contributed by atoms with Crippen LogP contribution in [-0.4, -0.2) is 24.2 Å². The number of benzene rings is 2. The summed E-state index contributed by atoms with van der Waals surface area (Å²) in [4.78, 5) is 8.48. The standard InChI is InChI=1S/C23H28N2O2/c1-4-5-6-7-8-21-24-22(17-9-13-19(26-2)14-10-17)23(25-21)18-11-15-20(27-3)16-12-18/h9-16H,4-8H2,1-3H3,(H,24,25). The van der Waals surface area contributed by atoms with Crippen molar-refractivity contribution >= 4 is 0 Å². The molecule has 0 spiro atoms. The quantitative estimate of drug-likeness (QED) is 0.482. The molecule has 4 heteroatoms. The summed E-state index contributed by atoms with van der Waals surface area (Å²) in [6.07, 6.45) is 5.89. The molecule has 0 amide bonds. The number of unbranched alkanes of at least 4 members (excludes halogenated alkanes) is 3. The highest BCUT2D eigenvalue weighted by atomic mass is 16.5.